The zero-order valence-corrected chi connectivity index (χ0v) is 9.94. The van der Waals surface area contributed by atoms with Gasteiger partial charge >= 0.3 is 0 Å². The number of hydrogen-bond donors (Lipinski definition) is 1. The molecule has 0 aliphatic rings. The van der Waals surface area contributed by atoms with Crippen LogP contribution in [0.25, 0.3) is 0 Å². The van der Waals surface area contributed by atoms with E-state index in [2.05, 4.69) is 16.5 Å². The first-order valence-corrected chi connectivity index (χ1v) is 5.53. The van der Waals surface area contributed by atoms with Crippen molar-refractivity contribution in [3.63, 3.8) is 0 Å². The highest BCUT2D eigenvalue weighted by molar-refractivity contribution is 5.63. The van der Waals surface area contributed by atoms with Gasteiger partial charge in [0.1, 0.15) is 0 Å². The number of aromatic nitrogens is 2. The number of rotatable bonds is 3. The molecule has 1 heterocycles. The Kier molecular flexibility index (Phi) is 3.10. The van der Waals surface area contributed by atoms with Gasteiger partial charge in [-0.15, -0.1) is 0 Å². The van der Waals surface area contributed by atoms with E-state index in [0.717, 1.165) is 23.5 Å². The van der Waals surface area contributed by atoms with Crippen LogP contribution in [-0.4, -0.2) is 9.78 Å². The average molecular weight is 226 g/mol. The summed E-state index contributed by atoms with van der Waals surface area (Å²) in [6.07, 6.45) is 3.75. The fourth-order valence-electron chi connectivity index (χ4n) is 1.63. The molecule has 2 rings (SSSR count). The van der Waals surface area contributed by atoms with Gasteiger partial charge in [0.05, 0.1) is 23.5 Å². The lowest BCUT2D eigenvalue weighted by Crippen LogP contribution is -1.94. The van der Waals surface area contributed by atoms with Gasteiger partial charge in [-0.1, -0.05) is 0 Å². The summed E-state index contributed by atoms with van der Waals surface area (Å²) < 4.78 is 1.86. The molecular formula is C13H14N4. The monoisotopic (exact) mass is 226 g/mol. The summed E-state index contributed by atoms with van der Waals surface area (Å²) in [5.74, 6) is 0. The van der Waals surface area contributed by atoms with Crippen LogP contribution in [0, 0.1) is 18.3 Å². The largest absolute Gasteiger partial charge is 0.353 e. The van der Waals surface area contributed by atoms with E-state index in [9.17, 15) is 0 Å². The number of benzene rings is 1. The highest BCUT2D eigenvalue weighted by Gasteiger charge is 2.02. The molecule has 0 atom stereocenters. The van der Waals surface area contributed by atoms with E-state index >= 15 is 0 Å². The standard InChI is InChI=1S/C13H14N4/c1-3-17-9-12(8-15-17)16-13-5-4-11(7-14)6-10(13)2/h4-6,8-9,16H,3H2,1-2H3. The second-order valence-corrected chi connectivity index (χ2v) is 3.85. The lowest BCUT2D eigenvalue weighted by molar-refractivity contribution is 0.660. The molecule has 0 saturated carbocycles. The Bertz CT molecular complexity index is 563. The summed E-state index contributed by atoms with van der Waals surface area (Å²) in [6, 6.07) is 7.71. The highest BCUT2D eigenvalue weighted by atomic mass is 15.3. The second-order valence-electron chi connectivity index (χ2n) is 3.85. The van der Waals surface area contributed by atoms with Crippen molar-refractivity contribution in [2.24, 2.45) is 0 Å². The number of aryl methyl sites for hydroxylation is 2. The molecule has 0 amide bonds. The molecule has 0 aliphatic carbocycles. The summed E-state index contributed by atoms with van der Waals surface area (Å²) in [5, 5.41) is 16.3. The van der Waals surface area contributed by atoms with E-state index < -0.39 is 0 Å². The average Bonchev–Trinajstić information content (AvgIpc) is 2.79. The van der Waals surface area contributed by atoms with Gasteiger partial charge in [-0.05, 0) is 37.6 Å². The number of hydrogen-bond acceptors (Lipinski definition) is 3. The maximum Gasteiger partial charge on any atom is 0.0991 e. The lowest BCUT2D eigenvalue weighted by atomic mass is 10.1. The topological polar surface area (TPSA) is 53.6 Å². The third kappa shape index (κ3) is 2.45. The minimum absolute atomic E-state index is 0.678. The summed E-state index contributed by atoms with van der Waals surface area (Å²) in [5.41, 5.74) is 3.69. The Morgan fingerprint density at radius 2 is 2.29 bits per heavy atom. The van der Waals surface area contributed by atoms with Crippen LogP contribution in [0.2, 0.25) is 0 Å². The Morgan fingerprint density at radius 1 is 1.47 bits per heavy atom. The molecule has 4 nitrogen and oxygen atoms in total. The zero-order chi connectivity index (χ0) is 12.3. The Balaban J connectivity index is 2.21. The zero-order valence-electron chi connectivity index (χ0n) is 9.94. The molecule has 1 aromatic carbocycles. The first-order valence-electron chi connectivity index (χ1n) is 5.53. The third-order valence-electron chi connectivity index (χ3n) is 2.59. The van der Waals surface area contributed by atoms with Crippen molar-refractivity contribution < 1.29 is 0 Å². The summed E-state index contributed by atoms with van der Waals surface area (Å²) >= 11 is 0. The van der Waals surface area contributed by atoms with Gasteiger partial charge in [0.15, 0.2) is 0 Å². The molecule has 1 aromatic heterocycles. The Labute approximate surface area is 100 Å². The van der Waals surface area contributed by atoms with Crippen LogP contribution in [0.3, 0.4) is 0 Å². The molecule has 0 aliphatic heterocycles. The van der Waals surface area contributed by atoms with E-state index in [1.54, 1.807) is 12.3 Å². The number of anilines is 2. The molecule has 4 heteroatoms. The fourth-order valence-corrected chi connectivity index (χ4v) is 1.63. The molecule has 0 radical (unpaired) electrons. The first kappa shape index (κ1) is 11.2. The minimum Gasteiger partial charge on any atom is -0.353 e. The molecule has 0 bridgehead atoms. The van der Waals surface area contributed by atoms with Crippen LogP contribution in [0.1, 0.15) is 18.1 Å². The summed E-state index contributed by atoms with van der Waals surface area (Å²) in [4.78, 5) is 0. The van der Waals surface area contributed by atoms with Gasteiger partial charge in [0.25, 0.3) is 0 Å². The van der Waals surface area contributed by atoms with Crippen molar-refractivity contribution in [3.8, 4) is 6.07 Å². The van der Waals surface area contributed by atoms with Crippen LogP contribution in [0.5, 0.6) is 0 Å². The SMILES string of the molecule is CCn1cc(Nc2ccc(C#N)cc2C)cn1. The number of nitrogens with zero attached hydrogens (tertiary/aromatic N) is 3. The van der Waals surface area contributed by atoms with Crippen molar-refractivity contribution in [2.75, 3.05) is 5.32 Å². The maximum absolute atomic E-state index is 8.79. The Morgan fingerprint density at radius 3 is 2.88 bits per heavy atom. The van der Waals surface area contributed by atoms with Crippen molar-refractivity contribution in [1.82, 2.24) is 9.78 Å². The van der Waals surface area contributed by atoms with E-state index in [4.69, 9.17) is 5.26 Å². The van der Waals surface area contributed by atoms with E-state index in [1.807, 2.05) is 36.9 Å². The molecule has 0 spiro atoms. The first-order chi connectivity index (χ1) is 8.22. The van der Waals surface area contributed by atoms with Crippen molar-refractivity contribution in [2.45, 2.75) is 20.4 Å². The molecular weight excluding hydrogens is 212 g/mol. The van der Waals surface area contributed by atoms with Crippen LogP contribution in [-0.2, 0) is 6.54 Å². The third-order valence-corrected chi connectivity index (χ3v) is 2.59. The fraction of sp³-hybridized carbons (Fsp3) is 0.231. The molecule has 1 N–H and O–H groups in total. The predicted molar refractivity (Wildman–Crippen MR) is 67.1 cm³/mol. The van der Waals surface area contributed by atoms with Gasteiger partial charge in [-0.25, -0.2) is 0 Å². The van der Waals surface area contributed by atoms with Gasteiger partial charge in [0, 0.05) is 18.4 Å². The number of nitriles is 1. The van der Waals surface area contributed by atoms with Crippen molar-refractivity contribution in [1.29, 1.82) is 5.26 Å². The van der Waals surface area contributed by atoms with E-state index in [1.165, 1.54) is 0 Å². The molecule has 0 fully saturated rings. The normalized spacial score (nSPS) is 9.94. The van der Waals surface area contributed by atoms with Gasteiger partial charge in [-0.2, -0.15) is 10.4 Å². The Hall–Kier alpha value is -2.28. The highest BCUT2D eigenvalue weighted by Crippen LogP contribution is 2.20. The van der Waals surface area contributed by atoms with Crippen molar-refractivity contribution >= 4 is 11.4 Å². The second kappa shape index (κ2) is 4.71. The summed E-state index contributed by atoms with van der Waals surface area (Å²) in [7, 11) is 0. The van der Waals surface area contributed by atoms with E-state index in [0.29, 0.717) is 5.56 Å². The van der Waals surface area contributed by atoms with Gasteiger partial charge in [0.2, 0.25) is 0 Å². The molecule has 17 heavy (non-hydrogen) atoms. The van der Waals surface area contributed by atoms with Crippen molar-refractivity contribution in [3.05, 3.63) is 41.7 Å². The maximum atomic E-state index is 8.79. The predicted octanol–water partition coefficient (Wildman–Crippen LogP) is 2.83. The smallest absolute Gasteiger partial charge is 0.0991 e. The molecule has 86 valence electrons. The van der Waals surface area contributed by atoms with Gasteiger partial charge in [-0.3, -0.25) is 4.68 Å². The molecule has 0 saturated heterocycles. The summed E-state index contributed by atoms with van der Waals surface area (Å²) in [6.45, 7) is 4.88. The quantitative estimate of drug-likeness (QED) is 0.875. The van der Waals surface area contributed by atoms with Crippen LogP contribution < -0.4 is 5.32 Å². The lowest BCUT2D eigenvalue weighted by Gasteiger charge is -2.07. The van der Waals surface area contributed by atoms with Crippen LogP contribution in [0.15, 0.2) is 30.6 Å². The van der Waals surface area contributed by atoms with Gasteiger partial charge < -0.3 is 5.32 Å². The van der Waals surface area contributed by atoms with E-state index in [-0.39, 0.29) is 0 Å². The molecule has 0 unspecified atom stereocenters. The minimum atomic E-state index is 0.678. The van der Waals surface area contributed by atoms with Crippen LogP contribution >= 0.6 is 0 Å². The van der Waals surface area contributed by atoms with Crippen LogP contribution in [0.4, 0.5) is 11.4 Å². The molecule has 2 aromatic rings. The number of nitrogens with one attached hydrogen (secondary N) is 1.